The molecule has 0 saturated heterocycles. The molecule has 17 heavy (non-hydrogen) atoms. The molecule has 0 spiro atoms. The fourth-order valence-electron chi connectivity index (χ4n) is 2.83. The normalized spacial score (nSPS) is 28.4. The van der Waals surface area contributed by atoms with Gasteiger partial charge in [-0.05, 0) is 35.8 Å². The second-order valence-corrected chi connectivity index (χ2v) is 4.58. The summed E-state index contributed by atoms with van der Waals surface area (Å²) in [7, 11) is 0. The Bertz CT molecular complexity index is 400. The third kappa shape index (κ3) is 2.60. The van der Waals surface area contributed by atoms with Gasteiger partial charge < -0.3 is 5.11 Å². The highest BCUT2D eigenvalue weighted by atomic mass is 16.3. The molecule has 90 valence electrons. The third-order valence-corrected chi connectivity index (χ3v) is 3.62. The maximum Gasteiger partial charge on any atom is 0.0465 e. The van der Waals surface area contributed by atoms with E-state index in [1.165, 1.54) is 5.56 Å². The Morgan fingerprint density at radius 1 is 1.29 bits per heavy atom. The Morgan fingerprint density at radius 2 is 2.06 bits per heavy atom. The van der Waals surface area contributed by atoms with E-state index >= 15 is 0 Å². The van der Waals surface area contributed by atoms with E-state index in [0.717, 1.165) is 19.3 Å². The lowest BCUT2D eigenvalue weighted by Gasteiger charge is -2.35. The Labute approximate surface area is 101 Å². The van der Waals surface area contributed by atoms with Crippen LogP contribution in [0, 0.1) is 5.92 Å². The summed E-state index contributed by atoms with van der Waals surface area (Å²) in [6.07, 6.45) is 2.95. The van der Waals surface area contributed by atoms with E-state index in [1.807, 2.05) is 18.2 Å². The average molecular weight is 231 g/mol. The Morgan fingerprint density at radius 3 is 2.71 bits per heavy atom. The fourth-order valence-corrected chi connectivity index (χ4v) is 2.83. The lowest BCUT2D eigenvalue weighted by atomic mass is 9.73. The zero-order chi connectivity index (χ0) is 12.1. The topological polar surface area (TPSA) is 69.0 Å². The minimum atomic E-state index is -0.0201. The van der Waals surface area contributed by atoms with Gasteiger partial charge >= 0.3 is 0 Å². The largest absolute Gasteiger partial charge is 0.396 e. The smallest absolute Gasteiger partial charge is 0.0465 e. The van der Waals surface area contributed by atoms with Crippen LogP contribution in [0.15, 0.2) is 35.4 Å². The van der Waals surface area contributed by atoms with Crippen LogP contribution in [0.25, 0.3) is 10.4 Å². The highest BCUT2D eigenvalue weighted by Gasteiger charge is 2.33. The van der Waals surface area contributed by atoms with Crippen molar-refractivity contribution in [3.8, 4) is 0 Å². The number of nitrogens with zero attached hydrogens (tertiary/aromatic N) is 3. The van der Waals surface area contributed by atoms with Gasteiger partial charge in [0.1, 0.15) is 0 Å². The Hall–Kier alpha value is -1.51. The van der Waals surface area contributed by atoms with E-state index in [-0.39, 0.29) is 24.5 Å². The highest BCUT2D eigenvalue weighted by molar-refractivity contribution is 5.23. The Balaban J connectivity index is 2.31. The number of rotatable bonds is 3. The lowest BCUT2D eigenvalue weighted by molar-refractivity contribution is 0.157. The summed E-state index contributed by atoms with van der Waals surface area (Å²) in [6, 6.07) is 10.0. The van der Waals surface area contributed by atoms with E-state index in [2.05, 4.69) is 22.2 Å². The van der Waals surface area contributed by atoms with E-state index in [9.17, 15) is 5.11 Å². The van der Waals surface area contributed by atoms with Crippen LogP contribution in [0.1, 0.15) is 30.7 Å². The summed E-state index contributed by atoms with van der Waals surface area (Å²) < 4.78 is 0. The minimum Gasteiger partial charge on any atom is -0.396 e. The first-order valence-corrected chi connectivity index (χ1v) is 6.07. The summed E-state index contributed by atoms with van der Waals surface area (Å²) in [5, 5.41) is 13.4. The molecule has 0 amide bonds. The van der Waals surface area contributed by atoms with Crippen LogP contribution in [0.4, 0.5) is 0 Å². The van der Waals surface area contributed by atoms with Crippen LogP contribution in [-0.2, 0) is 0 Å². The standard InChI is InChI=1S/C13H17N3O/c14-16-15-12-8-4-7-11(9-17)13(12)10-5-2-1-3-6-10/h1-3,5-6,11-13,17H,4,7-9H2/t11-,12+,13-/m1/s1. The molecule has 4 heteroatoms. The highest BCUT2D eigenvalue weighted by Crippen LogP contribution is 2.39. The molecule has 1 aromatic rings. The first kappa shape index (κ1) is 12.0. The van der Waals surface area contributed by atoms with E-state index in [0.29, 0.717) is 0 Å². The van der Waals surface area contributed by atoms with Gasteiger partial charge in [0.05, 0.1) is 0 Å². The molecule has 1 aliphatic rings. The summed E-state index contributed by atoms with van der Waals surface area (Å²) >= 11 is 0. The Kier molecular flexibility index (Phi) is 4.02. The molecule has 1 aliphatic carbocycles. The van der Waals surface area contributed by atoms with Crippen molar-refractivity contribution in [2.24, 2.45) is 11.0 Å². The predicted molar refractivity (Wildman–Crippen MR) is 66.5 cm³/mol. The van der Waals surface area contributed by atoms with Crippen molar-refractivity contribution in [3.63, 3.8) is 0 Å². The molecule has 0 heterocycles. The number of azide groups is 1. The van der Waals surface area contributed by atoms with Gasteiger partial charge in [-0.1, -0.05) is 41.9 Å². The second kappa shape index (κ2) is 5.71. The van der Waals surface area contributed by atoms with Gasteiger partial charge in [-0.25, -0.2) is 0 Å². The van der Waals surface area contributed by atoms with Crippen LogP contribution in [0.3, 0.4) is 0 Å². The third-order valence-electron chi connectivity index (χ3n) is 3.62. The van der Waals surface area contributed by atoms with E-state index in [1.54, 1.807) is 0 Å². The van der Waals surface area contributed by atoms with Crippen molar-refractivity contribution in [1.29, 1.82) is 0 Å². The molecule has 3 atom stereocenters. The van der Waals surface area contributed by atoms with Crippen molar-refractivity contribution in [1.82, 2.24) is 0 Å². The maximum atomic E-state index is 9.47. The fraction of sp³-hybridized carbons (Fsp3) is 0.538. The van der Waals surface area contributed by atoms with E-state index < -0.39 is 0 Å². The molecular formula is C13H17N3O. The summed E-state index contributed by atoms with van der Waals surface area (Å²) in [4.78, 5) is 2.95. The molecule has 0 radical (unpaired) electrons. The van der Waals surface area contributed by atoms with Gasteiger partial charge in [-0.15, -0.1) is 0 Å². The number of benzene rings is 1. The molecule has 1 fully saturated rings. The van der Waals surface area contributed by atoms with Crippen LogP contribution in [0.5, 0.6) is 0 Å². The molecule has 0 bridgehead atoms. The van der Waals surface area contributed by atoms with Crippen LogP contribution in [0.2, 0.25) is 0 Å². The number of hydrogen-bond donors (Lipinski definition) is 1. The second-order valence-electron chi connectivity index (χ2n) is 4.58. The SMILES string of the molecule is [N-]=[N+]=N[C@H]1CCC[C@H](CO)[C@H]1c1ccccc1. The average Bonchev–Trinajstić information content (AvgIpc) is 2.40. The van der Waals surface area contributed by atoms with Gasteiger partial charge in [0.25, 0.3) is 0 Å². The van der Waals surface area contributed by atoms with Gasteiger partial charge in [0.15, 0.2) is 0 Å². The zero-order valence-electron chi connectivity index (χ0n) is 9.74. The zero-order valence-corrected chi connectivity index (χ0v) is 9.74. The first-order valence-electron chi connectivity index (χ1n) is 6.07. The predicted octanol–water partition coefficient (Wildman–Crippen LogP) is 3.24. The molecule has 0 aromatic heterocycles. The molecule has 4 nitrogen and oxygen atoms in total. The molecule has 1 aromatic carbocycles. The number of aliphatic hydroxyl groups excluding tert-OH is 1. The van der Waals surface area contributed by atoms with Gasteiger partial charge in [0, 0.05) is 17.6 Å². The molecule has 2 rings (SSSR count). The molecule has 0 aliphatic heterocycles. The maximum absolute atomic E-state index is 9.47. The van der Waals surface area contributed by atoms with Crippen LogP contribution in [-0.4, -0.2) is 17.8 Å². The van der Waals surface area contributed by atoms with Crippen molar-refractivity contribution >= 4 is 0 Å². The molecule has 1 N–H and O–H groups in total. The number of aliphatic hydroxyl groups is 1. The summed E-state index contributed by atoms with van der Waals surface area (Å²) in [6.45, 7) is 0.164. The minimum absolute atomic E-state index is 0.0201. The molecule has 0 unspecified atom stereocenters. The van der Waals surface area contributed by atoms with Crippen molar-refractivity contribution < 1.29 is 5.11 Å². The van der Waals surface area contributed by atoms with Crippen molar-refractivity contribution in [2.45, 2.75) is 31.2 Å². The van der Waals surface area contributed by atoms with Crippen molar-refractivity contribution in [3.05, 3.63) is 46.3 Å². The molecule has 1 saturated carbocycles. The van der Waals surface area contributed by atoms with Gasteiger partial charge in [0.2, 0.25) is 0 Å². The quantitative estimate of drug-likeness (QED) is 0.484. The molecular weight excluding hydrogens is 214 g/mol. The number of hydrogen-bond acceptors (Lipinski definition) is 2. The lowest BCUT2D eigenvalue weighted by Crippen LogP contribution is -2.31. The summed E-state index contributed by atoms with van der Waals surface area (Å²) in [5.41, 5.74) is 9.81. The van der Waals surface area contributed by atoms with Gasteiger partial charge in [-0.3, -0.25) is 0 Å². The van der Waals surface area contributed by atoms with Crippen molar-refractivity contribution in [2.75, 3.05) is 6.61 Å². The van der Waals surface area contributed by atoms with E-state index in [4.69, 9.17) is 5.53 Å². The monoisotopic (exact) mass is 231 g/mol. The first-order chi connectivity index (χ1) is 8.36. The van der Waals surface area contributed by atoms with Gasteiger partial charge in [-0.2, -0.15) is 0 Å². The van der Waals surface area contributed by atoms with Crippen LogP contribution < -0.4 is 0 Å². The summed E-state index contributed by atoms with van der Waals surface area (Å²) in [5.74, 6) is 0.368. The van der Waals surface area contributed by atoms with Crippen LogP contribution >= 0.6 is 0 Å².